The summed E-state index contributed by atoms with van der Waals surface area (Å²) in [5, 5.41) is 15.3. The topological polar surface area (TPSA) is 61.4 Å². The molecule has 4 nitrogen and oxygen atoms in total. The Hall–Kier alpha value is -1.34. The van der Waals surface area contributed by atoms with Crippen molar-refractivity contribution in [3.63, 3.8) is 0 Å². The summed E-state index contributed by atoms with van der Waals surface area (Å²) >= 11 is 1.65. The summed E-state index contributed by atoms with van der Waals surface area (Å²) < 4.78 is 26.0. The molecule has 2 unspecified atom stereocenters. The molecule has 1 aliphatic rings. The van der Waals surface area contributed by atoms with Crippen LogP contribution in [0.2, 0.25) is 0 Å². The fourth-order valence-electron chi connectivity index (χ4n) is 2.09. The van der Waals surface area contributed by atoms with Crippen LogP contribution in [0.5, 0.6) is 0 Å². The Balaban J connectivity index is 1.85. The maximum absolute atomic E-state index is 13.1. The summed E-state index contributed by atoms with van der Waals surface area (Å²) in [7, 11) is 0. The van der Waals surface area contributed by atoms with Gasteiger partial charge in [0, 0.05) is 12.3 Å². The normalized spacial score (nSPS) is 22.9. The number of benzene rings is 1. The molecule has 1 fully saturated rings. The second-order valence-corrected chi connectivity index (χ2v) is 6.35. The third-order valence-corrected chi connectivity index (χ3v) is 4.69. The Kier molecular flexibility index (Phi) is 5.05. The van der Waals surface area contributed by atoms with Gasteiger partial charge >= 0.3 is 6.03 Å². The molecule has 0 saturated carbocycles. The lowest BCUT2D eigenvalue weighted by molar-refractivity contribution is 0.0699. The molecule has 3 N–H and O–H groups in total. The maximum Gasteiger partial charge on any atom is 0.315 e. The molecule has 1 aromatic rings. The number of rotatable bonds is 4. The molecule has 2 rings (SSSR count). The quantitative estimate of drug-likeness (QED) is 0.798. The molecule has 2 atom stereocenters. The van der Waals surface area contributed by atoms with E-state index >= 15 is 0 Å². The van der Waals surface area contributed by atoms with Crippen molar-refractivity contribution in [2.45, 2.75) is 25.0 Å². The average Bonchev–Trinajstić information content (AvgIpc) is 2.87. The lowest BCUT2D eigenvalue weighted by atomic mass is 10.0. The number of hydrogen-bond donors (Lipinski definition) is 3. The number of halogens is 2. The SMILES string of the molecule is CC(NC(=O)NCC1(O)CCSC1)c1ccc(F)c(F)c1. The molecule has 2 amide bonds. The highest BCUT2D eigenvalue weighted by Gasteiger charge is 2.32. The summed E-state index contributed by atoms with van der Waals surface area (Å²) in [6.45, 7) is 1.85. The Morgan fingerprint density at radius 3 is 2.86 bits per heavy atom. The average molecular weight is 316 g/mol. The van der Waals surface area contributed by atoms with Crippen molar-refractivity contribution in [3.8, 4) is 0 Å². The Morgan fingerprint density at radius 2 is 2.24 bits per heavy atom. The summed E-state index contributed by atoms with van der Waals surface area (Å²) in [4.78, 5) is 11.8. The highest BCUT2D eigenvalue weighted by atomic mass is 32.2. The molecule has 21 heavy (non-hydrogen) atoms. The Labute approximate surface area is 126 Å². The standard InChI is InChI=1S/C14H18F2N2O2S/c1-9(10-2-3-11(15)12(16)6-10)18-13(19)17-7-14(20)4-5-21-8-14/h2-3,6,9,20H,4-5,7-8H2,1H3,(H2,17,18,19). The molecular formula is C14H18F2N2O2S. The van der Waals surface area contributed by atoms with Crippen LogP contribution < -0.4 is 10.6 Å². The molecule has 0 aromatic heterocycles. The van der Waals surface area contributed by atoms with Gasteiger partial charge in [0.05, 0.1) is 11.6 Å². The third-order valence-electron chi connectivity index (χ3n) is 3.45. The van der Waals surface area contributed by atoms with E-state index < -0.39 is 29.3 Å². The van der Waals surface area contributed by atoms with Crippen molar-refractivity contribution in [2.75, 3.05) is 18.1 Å². The zero-order valence-corrected chi connectivity index (χ0v) is 12.5. The monoisotopic (exact) mass is 316 g/mol. The first-order valence-corrected chi connectivity index (χ1v) is 7.84. The first-order valence-electron chi connectivity index (χ1n) is 6.69. The number of amides is 2. The minimum atomic E-state index is -0.946. The van der Waals surface area contributed by atoms with Crippen LogP contribution in [-0.4, -0.2) is 34.8 Å². The first kappa shape index (κ1) is 16.0. The van der Waals surface area contributed by atoms with Crippen LogP contribution in [0, 0.1) is 11.6 Å². The van der Waals surface area contributed by atoms with E-state index in [-0.39, 0.29) is 6.54 Å². The fraction of sp³-hybridized carbons (Fsp3) is 0.500. The molecule has 116 valence electrons. The minimum absolute atomic E-state index is 0.177. The lowest BCUT2D eigenvalue weighted by Gasteiger charge is -2.22. The molecule has 0 aliphatic carbocycles. The number of aliphatic hydroxyl groups is 1. The second kappa shape index (κ2) is 6.62. The van der Waals surface area contributed by atoms with Crippen molar-refractivity contribution in [2.24, 2.45) is 0 Å². The number of carbonyl (C=O) groups excluding carboxylic acids is 1. The third kappa shape index (κ3) is 4.31. The van der Waals surface area contributed by atoms with Gasteiger partial charge in [-0.15, -0.1) is 0 Å². The van der Waals surface area contributed by atoms with E-state index in [9.17, 15) is 18.7 Å². The minimum Gasteiger partial charge on any atom is -0.387 e. The van der Waals surface area contributed by atoms with Gasteiger partial charge in [0.1, 0.15) is 0 Å². The molecule has 1 aromatic carbocycles. The van der Waals surface area contributed by atoms with Gasteiger partial charge in [0.25, 0.3) is 0 Å². The highest BCUT2D eigenvalue weighted by molar-refractivity contribution is 7.99. The Bertz CT molecular complexity index is 522. The van der Waals surface area contributed by atoms with Crippen LogP contribution >= 0.6 is 11.8 Å². The van der Waals surface area contributed by atoms with Crippen LogP contribution in [0.4, 0.5) is 13.6 Å². The van der Waals surface area contributed by atoms with Crippen LogP contribution in [0.3, 0.4) is 0 Å². The van der Waals surface area contributed by atoms with Gasteiger partial charge in [-0.3, -0.25) is 0 Å². The molecule has 7 heteroatoms. The summed E-state index contributed by atoms with van der Waals surface area (Å²) in [5.41, 5.74) is -0.382. The summed E-state index contributed by atoms with van der Waals surface area (Å²) in [5.74, 6) is -0.382. The van der Waals surface area contributed by atoms with E-state index in [0.717, 1.165) is 17.9 Å². The van der Waals surface area contributed by atoms with Crippen LogP contribution in [0.25, 0.3) is 0 Å². The summed E-state index contributed by atoms with van der Waals surface area (Å²) in [6, 6.07) is 2.59. The van der Waals surface area contributed by atoms with E-state index in [1.54, 1.807) is 18.7 Å². The molecular weight excluding hydrogens is 298 g/mol. The zero-order valence-electron chi connectivity index (χ0n) is 11.7. The predicted molar refractivity (Wildman–Crippen MR) is 78.2 cm³/mol. The largest absolute Gasteiger partial charge is 0.387 e. The van der Waals surface area contributed by atoms with Gasteiger partial charge in [-0.05, 0) is 36.8 Å². The van der Waals surface area contributed by atoms with Gasteiger partial charge in [0.15, 0.2) is 11.6 Å². The van der Waals surface area contributed by atoms with E-state index in [4.69, 9.17) is 0 Å². The maximum atomic E-state index is 13.1. The van der Waals surface area contributed by atoms with Crippen LogP contribution in [0.15, 0.2) is 18.2 Å². The number of urea groups is 1. The van der Waals surface area contributed by atoms with Gasteiger partial charge in [0.2, 0.25) is 0 Å². The second-order valence-electron chi connectivity index (χ2n) is 5.25. The van der Waals surface area contributed by atoms with Gasteiger partial charge in [-0.2, -0.15) is 11.8 Å². The molecule has 1 saturated heterocycles. The van der Waals surface area contributed by atoms with Crippen LogP contribution in [0.1, 0.15) is 24.9 Å². The fourth-order valence-corrected chi connectivity index (χ4v) is 3.39. The smallest absolute Gasteiger partial charge is 0.315 e. The van der Waals surface area contributed by atoms with Crippen LogP contribution in [-0.2, 0) is 0 Å². The van der Waals surface area contributed by atoms with E-state index in [1.165, 1.54) is 6.07 Å². The van der Waals surface area contributed by atoms with E-state index in [0.29, 0.717) is 17.7 Å². The molecule has 1 aliphatic heterocycles. The van der Waals surface area contributed by atoms with Crippen molar-refractivity contribution >= 4 is 17.8 Å². The lowest BCUT2D eigenvalue weighted by Crippen LogP contribution is -2.46. The van der Waals surface area contributed by atoms with Crippen molar-refractivity contribution in [1.29, 1.82) is 0 Å². The van der Waals surface area contributed by atoms with Gasteiger partial charge in [-0.25, -0.2) is 13.6 Å². The predicted octanol–water partition coefficient (Wildman–Crippen LogP) is 2.19. The van der Waals surface area contributed by atoms with Crippen molar-refractivity contribution in [1.82, 2.24) is 10.6 Å². The van der Waals surface area contributed by atoms with E-state index in [2.05, 4.69) is 10.6 Å². The molecule has 0 radical (unpaired) electrons. The van der Waals surface area contributed by atoms with E-state index in [1.807, 2.05) is 0 Å². The number of hydrogen-bond acceptors (Lipinski definition) is 3. The van der Waals surface area contributed by atoms with Crippen molar-refractivity contribution in [3.05, 3.63) is 35.4 Å². The Morgan fingerprint density at radius 1 is 1.48 bits per heavy atom. The zero-order chi connectivity index (χ0) is 15.5. The number of thioether (sulfide) groups is 1. The molecule has 1 heterocycles. The number of carbonyl (C=O) groups is 1. The van der Waals surface area contributed by atoms with Gasteiger partial charge in [-0.1, -0.05) is 6.07 Å². The summed E-state index contributed by atoms with van der Waals surface area (Å²) in [6.07, 6.45) is 0.649. The number of nitrogens with one attached hydrogen (secondary N) is 2. The molecule has 0 spiro atoms. The first-order chi connectivity index (χ1) is 9.89. The highest BCUT2D eigenvalue weighted by Crippen LogP contribution is 2.26. The molecule has 0 bridgehead atoms. The van der Waals surface area contributed by atoms with Gasteiger partial charge < -0.3 is 15.7 Å². The van der Waals surface area contributed by atoms with Crippen molar-refractivity contribution < 1.29 is 18.7 Å².